The van der Waals surface area contributed by atoms with E-state index >= 15 is 0 Å². The van der Waals surface area contributed by atoms with Crippen molar-refractivity contribution >= 4 is 0 Å². The summed E-state index contributed by atoms with van der Waals surface area (Å²) in [6.07, 6.45) is 1.05. The SMILES string of the molecule is COCCCNCc1ccc(COC)cc1. The highest BCUT2D eigenvalue weighted by Gasteiger charge is 1.94. The standard InChI is InChI=1S/C13H21NO2/c1-15-9-3-8-14-10-12-4-6-13(7-5-12)11-16-2/h4-7,14H,3,8-11H2,1-2H3. The number of ether oxygens (including phenoxy) is 2. The maximum absolute atomic E-state index is 5.06. The van der Waals surface area contributed by atoms with Gasteiger partial charge in [-0.05, 0) is 24.1 Å². The van der Waals surface area contributed by atoms with Crippen LogP contribution in [0.4, 0.5) is 0 Å². The lowest BCUT2D eigenvalue weighted by Gasteiger charge is -2.05. The van der Waals surface area contributed by atoms with Crippen LogP contribution >= 0.6 is 0 Å². The molecule has 0 aliphatic rings. The van der Waals surface area contributed by atoms with Gasteiger partial charge in [-0.3, -0.25) is 0 Å². The van der Waals surface area contributed by atoms with Crippen LogP contribution in [-0.2, 0) is 22.6 Å². The molecule has 3 heteroatoms. The maximum Gasteiger partial charge on any atom is 0.0713 e. The molecule has 90 valence electrons. The third kappa shape index (κ3) is 5.26. The number of nitrogens with one attached hydrogen (secondary N) is 1. The van der Waals surface area contributed by atoms with Gasteiger partial charge < -0.3 is 14.8 Å². The first-order chi connectivity index (χ1) is 7.86. The summed E-state index contributed by atoms with van der Waals surface area (Å²) in [5.74, 6) is 0. The van der Waals surface area contributed by atoms with Crippen molar-refractivity contribution in [2.75, 3.05) is 27.4 Å². The molecule has 0 bridgehead atoms. The second-order valence-electron chi connectivity index (χ2n) is 3.77. The van der Waals surface area contributed by atoms with E-state index in [1.54, 1.807) is 14.2 Å². The van der Waals surface area contributed by atoms with Crippen LogP contribution in [0, 0.1) is 0 Å². The van der Waals surface area contributed by atoms with E-state index in [0.717, 1.165) is 26.1 Å². The van der Waals surface area contributed by atoms with Crippen LogP contribution in [-0.4, -0.2) is 27.4 Å². The smallest absolute Gasteiger partial charge is 0.0713 e. The zero-order valence-electron chi connectivity index (χ0n) is 10.2. The molecule has 0 aliphatic heterocycles. The van der Waals surface area contributed by atoms with Gasteiger partial charge in [-0.15, -0.1) is 0 Å². The monoisotopic (exact) mass is 223 g/mol. The van der Waals surface area contributed by atoms with Crippen molar-refractivity contribution in [3.8, 4) is 0 Å². The zero-order chi connectivity index (χ0) is 11.6. The fraction of sp³-hybridized carbons (Fsp3) is 0.538. The van der Waals surface area contributed by atoms with Gasteiger partial charge >= 0.3 is 0 Å². The first-order valence-corrected chi connectivity index (χ1v) is 5.63. The van der Waals surface area contributed by atoms with Crippen molar-refractivity contribution in [3.05, 3.63) is 35.4 Å². The van der Waals surface area contributed by atoms with Crippen LogP contribution in [0.2, 0.25) is 0 Å². The van der Waals surface area contributed by atoms with Gasteiger partial charge in [-0.1, -0.05) is 24.3 Å². The van der Waals surface area contributed by atoms with Gasteiger partial charge in [0.15, 0.2) is 0 Å². The van der Waals surface area contributed by atoms with Gasteiger partial charge in [-0.25, -0.2) is 0 Å². The van der Waals surface area contributed by atoms with Gasteiger partial charge in [0.2, 0.25) is 0 Å². The van der Waals surface area contributed by atoms with Crippen LogP contribution in [0.15, 0.2) is 24.3 Å². The third-order valence-corrected chi connectivity index (χ3v) is 2.37. The zero-order valence-corrected chi connectivity index (χ0v) is 10.2. The van der Waals surface area contributed by atoms with Crippen LogP contribution in [0.3, 0.4) is 0 Å². The normalized spacial score (nSPS) is 10.6. The molecule has 16 heavy (non-hydrogen) atoms. The lowest BCUT2D eigenvalue weighted by atomic mass is 10.1. The Bertz CT molecular complexity index is 272. The Morgan fingerprint density at radius 2 is 1.69 bits per heavy atom. The Balaban J connectivity index is 2.21. The Labute approximate surface area is 97.8 Å². The molecule has 0 fully saturated rings. The number of methoxy groups -OCH3 is 2. The summed E-state index contributed by atoms with van der Waals surface area (Å²) < 4.78 is 10.0. The summed E-state index contributed by atoms with van der Waals surface area (Å²) in [6, 6.07) is 8.49. The molecular weight excluding hydrogens is 202 g/mol. The van der Waals surface area contributed by atoms with E-state index in [1.165, 1.54) is 11.1 Å². The minimum Gasteiger partial charge on any atom is -0.385 e. The fourth-order valence-electron chi connectivity index (χ4n) is 1.49. The molecule has 0 radical (unpaired) electrons. The summed E-state index contributed by atoms with van der Waals surface area (Å²) in [6.45, 7) is 3.41. The first-order valence-electron chi connectivity index (χ1n) is 5.63. The van der Waals surface area contributed by atoms with E-state index in [2.05, 4.69) is 29.6 Å². The lowest BCUT2D eigenvalue weighted by molar-refractivity contribution is 0.185. The van der Waals surface area contributed by atoms with E-state index in [0.29, 0.717) is 6.61 Å². The average molecular weight is 223 g/mol. The summed E-state index contributed by atoms with van der Waals surface area (Å²) in [4.78, 5) is 0. The molecule has 0 saturated heterocycles. The van der Waals surface area contributed by atoms with Crippen molar-refractivity contribution in [2.45, 2.75) is 19.6 Å². The van der Waals surface area contributed by atoms with Crippen LogP contribution in [0.5, 0.6) is 0 Å². The highest BCUT2D eigenvalue weighted by molar-refractivity contribution is 5.21. The number of hydrogen-bond donors (Lipinski definition) is 1. The average Bonchev–Trinajstić information content (AvgIpc) is 2.31. The van der Waals surface area contributed by atoms with Gasteiger partial charge in [-0.2, -0.15) is 0 Å². The van der Waals surface area contributed by atoms with Gasteiger partial charge in [0, 0.05) is 27.4 Å². The van der Waals surface area contributed by atoms with Gasteiger partial charge in [0.1, 0.15) is 0 Å². The van der Waals surface area contributed by atoms with Gasteiger partial charge in [0.25, 0.3) is 0 Å². The molecule has 1 aromatic carbocycles. The molecule has 0 heterocycles. The summed E-state index contributed by atoms with van der Waals surface area (Å²) in [5, 5.41) is 3.38. The van der Waals surface area contributed by atoms with Crippen LogP contribution in [0.25, 0.3) is 0 Å². The summed E-state index contributed by atoms with van der Waals surface area (Å²) in [7, 11) is 3.44. The molecule has 0 atom stereocenters. The Kier molecular flexibility index (Phi) is 6.81. The Morgan fingerprint density at radius 1 is 1.00 bits per heavy atom. The Hall–Kier alpha value is -0.900. The molecular formula is C13H21NO2. The molecule has 3 nitrogen and oxygen atoms in total. The summed E-state index contributed by atoms with van der Waals surface area (Å²) in [5.41, 5.74) is 2.52. The molecule has 0 aliphatic carbocycles. The molecule has 1 N–H and O–H groups in total. The van der Waals surface area contributed by atoms with E-state index < -0.39 is 0 Å². The van der Waals surface area contributed by atoms with Crippen LogP contribution in [0.1, 0.15) is 17.5 Å². The predicted octanol–water partition coefficient (Wildman–Crippen LogP) is 1.96. The van der Waals surface area contributed by atoms with Crippen molar-refractivity contribution in [2.24, 2.45) is 0 Å². The highest BCUT2D eigenvalue weighted by Crippen LogP contribution is 2.05. The molecule has 0 spiro atoms. The summed E-state index contributed by atoms with van der Waals surface area (Å²) >= 11 is 0. The molecule has 1 rings (SSSR count). The van der Waals surface area contributed by atoms with Crippen molar-refractivity contribution < 1.29 is 9.47 Å². The quantitative estimate of drug-likeness (QED) is 0.683. The molecule has 0 aromatic heterocycles. The van der Waals surface area contributed by atoms with Crippen molar-refractivity contribution in [1.82, 2.24) is 5.32 Å². The second kappa shape index (κ2) is 8.28. The predicted molar refractivity (Wildman–Crippen MR) is 65.4 cm³/mol. The molecule has 0 saturated carbocycles. The van der Waals surface area contributed by atoms with Crippen LogP contribution < -0.4 is 5.32 Å². The first kappa shape index (κ1) is 13.2. The number of rotatable bonds is 8. The van der Waals surface area contributed by atoms with Crippen molar-refractivity contribution in [1.29, 1.82) is 0 Å². The topological polar surface area (TPSA) is 30.5 Å². The fourth-order valence-corrected chi connectivity index (χ4v) is 1.49. The largest absolute Gasteiger partial charge is 0.385 e. The van der Waals surface area contributed by atoms with E-state index in [9.17, 15) is 0 Å². The molecule has 0 unspecified atom stereocenters. The minimum atomic E-state index is 0.682. The Morgan fingerprint density at radius 3 is 2.31 bits per heavy atom. The number of hydrogen-bond acceptors (Lipinski definition) is 3. The van der Waals surface area contributed by atoms with E-state index in [-0.39, 0.29) is 0 Å². The van der Waals surface area contributed by atoms with E-state index in [1.807, 2.05) is 0 Å². The molecule has 1 aromatic rings. The minimum absolute atomic E-state index is 0.682. The third-order valence-electron chi connectivity index (χ3n) is 2.37. The van der Waals surface area contributed by atoms with Gasteiger partial charge in [0.05, 0.1) is 6.61 Å². The molecule has 0 amide bonds. The maximum atomic E-state index is 5.06. The highest BCUT2D eigenvalue weighted by atomic mass is 16.5. The van der Waals surface area contributed by atoms with Crippen molar-refractivity contribution in [3.63, 3.8) is 0 Å². The second-order valence-corrected chi connectivity index (χ2v) is 3.77. The van der Waals surface area contributed by atoms with E-state index in [4.69, 9.17) is 9.47 Å². The number of benzene rings is 1. The lowest BCUT2D eigenvalue weighted by Crippen LogP contribution is -2.16.